The third-order valence-corrected chi connectivity index (χ3v) is 20.3. The van der Waals surface area contributed by atoms with E-state index in [1.165, 1.54) is 123 Å². The van der Waals surface area contributed by atoms with Crippen LogP contribution in [0.3, 0.4) is 0 Å². The third kappa shape index (κ3) is 37.8. The van der Waals surface area contributed by atoms with E-state index >= 15 is 0 Å². The van der Waals surface area contributed by atoms with Crippen LogP contribution in [0.1, 0.15) is 119 Å². The summed E-state index contributed by atoms with van der Waals surface area (Å²) in [5, 5.41) is 81.4. The summed E-state index contributed by atoms with van der Waals surface area (Å²) in [6.45, 7) is 3.34. The number of alkyl halides is 6. The molecular weight excluding hydrogens is 1800 g/mol. The molecule has 133 heavy (non-hydrogen) atoms. The van der Waals surface area contributed by atoms with Gasteiger partial charge in [-0.05, 0) is 116 Å². The minimum Gasteiger partial charge on any atom is -0.494 e. The van der Waals surface area contributed by atoms with Crippen LogP contribution < -0.4 is 99.9 Å². The maximum Gasteiger partial charge on any atom is 0.471 e. The summed E-state index contributed by atoms with van der Waals surface area (Å²) in [5.41, 5.74) is 0.757. The number of nitrogens with zero attached hydrogens (tertiary/aromatic N) is 3. The lowest BCUT2D eigenvalue weighted by molar-refractivity contribution is -0.172. The monoisotopic (exact) mass is 1900 g/mol. The molecule has 22 N–H and O–H groups in total. The number of carboxylic acid groups (broad SMARTS) is 2. The number of pyridine rings is 1. The number of aromatic nitrogens is 1. The van der Waals surface area contributed by atoms with Crippen LogP contribution in [-0.4, -0.2) is 260 Å². The van der Waals surface area contributed by atoms with Crippen LogP contribution in [0.5, 0.6) is 11.5 Å². The zero-order chi connectivity index (χ0) is 98.5. The molecular formula is C80H102F6N22O24S. The van der Waals surface area contributed by atoms with Gasteiger partial charge < -0.3 is 99.4 Å². The number of ether oxygens (including phenoxy) is 2. The molecule has 6 rings (SSSR count). The van der Waals surface area contributed by atoms with Gasteiger partial charge in [0.1, 0.15) is 65.9 Å². The molecule has 0 radical (unpaired) electrons. The van der Waals surface area contributed by atoms with Crippen molar-refractivity contribution < 1.29 is 141 Å². The maximum atomic E-state index is 14.2. The van der Waals surface area contributed by atoms with Crippen molar-refractivity contribution in [2.45, 2.75) is 183 Å². The Morgan fingerprint density at radius 3 is 1.35 bits per heavy atom. The Hall–Kier alpha value is -14.6. The Balaban J connectivity index is 1.08. The Morgan fingerprint density at radius 1 is 0.519 bits per heavy atom. The topological polar surface area (TPSA) is 693 Å². The highest BCUT2D eigenvalue weighted by Gasteiger charge is 2.42. The number of benzene rings is 3. The highest BCUT2D eigenvalue weighted by atomic mass is 32.2. The van der Waals surface area contributed by atoms with Crippen LogP contribution in [0.2, 0.25) is 0 Å². The second-order valence-electron chi connectivity index (χ2n) is 30.6. The van der Waals surface area contributed by atoms with Crippen molar-refractivity contribution in [3.63, 3.8) is 0 Å². The van der Waals surface area contributed by atoms with Gasteiger partial charge in [-0.2, -0.15) is 39.9 Å². The van der Waals surface area contributed by atoms with Crippen molar-refractivity contribution in [1.82, 2.24) is 95.4 Å². The Morgan fingerprint density at radius 2 is 0.940 bits per heavy atom. The van der Waals surface area contributed by atoms with Crippen LogP contribution >= 0.6 is 0 Å². The average molecular weight is 1900 g/mol. The van der Waals surface area contributed by atoms with Crippen molar-refractivity contribution >= 4 is 128 Å². The molecule has 53 heteroatoms. The largest absolute Gasteiger partial charge is 0.494 e. The van der Waals surface area contributed by atoms with Gasteiger partial charge in [-0.25, -0.2) is 4.98 Å². The summed E-state index contributed by atoms with van der Waals surface area (Å²) < 4.78 is 122. The first kappa shape index (κ1) is 107. The number of amides is 15. The second kappa shape index (κ2) is 51.7. The number of carbonyl (C=O) groups excluding carboxylic acids is 15. The van der Waals surface area contributed by atoms with E-state index in [1.807, 2.05) is 0 Å². The van der Waals surface area contributed by atoms with E-state index in [2.05, 4.69) is 95.0 Å². The number of hydrogen-bond donors (Lipinski definition) is 22. The summed E-state index contributed by atoms with van der Waals surface area (Å²) in [7, 11) is -4.60. The molecule has 15 amide bonds. The van der Waals surface area contributed by atoms with Crippen LogP contribution in [0, 0.1) is 22.7 Å². The lowest BCUT2D eigenvalue weighted by Gasteiger charge is -2.27. The molecule has 3 aromatic carbocycles. The second-order valence-corrected chi connectivity index (χ2v) is 32.0. The van der Waals surface area contributed by atoms with Crippen molar-refractivity contribution in [2.75, 3.05) is 52.5 Å². The molecule has 2 saturated heterocycles. The highest BCUT2D eigenvalue weighted by molar-refractivity contribution is 7.85. The Kier molecular flexibility index (Phi) is 41.7. The van der Waals surface area contributed by atoms with Gasteiger partial charge >= 0.3 is 36.1 Å². The van der Waals surface area contributed by atoms with E-state index in [4.69, 9.17) is 20.3 Å². The van der Waals surface area contributed by atoms with E-state index in [9.17, 15) is 131 Å². The van der Waals surface area contributed by atoms with Gasteiger partial charge in [0.05, 0.1) is 56.1 Å². The average Bonchev–Trinajstić information content (AvgIpc) is 1.83. The van der Waals surface area contributed by atoms with E-state index in [-0.39, 0.29) is 139 Å². The van der Waals surface area contributed by atoms with Crippen molar-refractivity contribution in [3.8, 4) is 11.5 Å². The molecule has 1 aromatic heterocycles. The predicted octanol–water partition coefficient (Wildman–Crippen LogP) is -1.89. The number of azo groups is 1. The van der Waals surface area contributed by atoms with Gasteiger partial charge in [-0.15, -0.1) is 5.11 Å². The third-order valence-electron chi connectivity index (χ3n) is 19.4. The van der Waals surface area contributed by atoms with Crippen molar-refractivity contribution in [1.29, 1.82) is 10.8 Å². The quantitative estimate of drug-likeness (QED) is 0.00583. The number of nitrogens with one attached hydrogen (secondary N) is 19. The van der Waals surface area contributed by atoms with Gasteiger partial charge in [0, 0.05) is 51.6 Å². The SMILES string of the molecule is CC(C)[C@@H]1NC(=O)[C@@H](Cc2ccc(OCCCNC(=O)CC[C@H](NC(=O)c3ccc(N=NCc4ccccc4S(=O)(=O)O)nc3)C(=O)NCCCOc3ccc(C[C@H]4NC(=O)[C@H](CC(=O)O)NC(=O)CNC(=O)[C@H](CCCNC(=N)NC(=O)C(F)(F)F)NC(=O)[C@H](C(C)C)NC4=O)cc3)cc2)NC(=O)[C@H](CC(=O)O)NC(=O)CNC(=O)[C@H](CCCNC(=N)NC(=O)C(F)(F)F)NC1=O. The molecule has 0 aliphatic carbocycles. The van der Waals surface area contributed by atoms with Crippen LogP contribution in [-0.2, 0) is 106 Å². The van der Waals surface area contributed by atoms with Crippen LogP contribution in [0.4, 0.5) is 32.2 Å². The lowest BCUT2D eigenvalue weighted by Crippen LogP contribution is -2.59. The van der Waals surface area contributed by atoms with Crippen molar-refractivity contribution in [2.24, 2.45) is 22.1 Å². The normalized spacial score (nSPS) is 19.0. The minimum absolute atomic E-state index is 0.00343. The smallest absolute Gasteiger partial charge is 0.471 e. The minimum atomic E-state index is -5.31. The van der Waals surface area contributed by atoms with Gasteiger partial charge in [-0.3, -0.25) is 108 Å². The lowest BCUT2D eigenvalue weighted by atomic mass is 9.99. The summed E-state index contributed by atoms with van der Waals surface area (Å²) >= 11 is 0. The van der Waals surface area contributed by atoms with E-state index in [0.29, 0.717) is 11.1 Å². The number of carbonyl (C=O) groups is 17. The molecule has 2 aliphatic heterocycles. The molecule has 4 aromatic rings. The summed E-state index contributed by atoms with van der Waals surface area (Å²) in [6.07, 6.45) is -13.3. The predicted molar refractivity (Wildman–Crippen MR) is 450 cm³/mol. The molecule has 46 nitrogen and oxygen atoms in total. The van der Waals surface area contributed by atoms with Gasteiger partial charge in [-0.1, -0.05) is 70.2 Å². The fourth-order valence-corrected chi connectivity index (χ4v) is 13.2. The van der Waals surface area contributed by atoms with Crippen LogP contribution in [0.15, 0.2) is 106 Å². The Labute approximate surface area is 754 Å². The maximum absolute atomic E-state index is 14.2. The number of hydrogen-bond acceptors (Lipinski definition) is 26. The summed E-state index contributed by atoms with van der Waals surface area (Å²) in [5.74, 6) is -23.4. The number of aliphatic carboxylic acids is 2. The molecule has 0 saturated carbocycles. The summed E-state index contributed by atoms with van der Waals surface area (Å²) in [6, 6.07) is 5.97. The molecule has 0 bridgehead atoms. The van der Waals surface area contributed by atoms with Gasteiger partial charge in [0.15, 0.2) is 17.7 Å². The number of guanidine groups is 2. The zero-order valence-electron chi connectivity index (χ0n) is 71.8. The zero-order valence-corrected chi connectivity index (χ0v) is 72.6. The first-order chi connectivity index (χ1) is 62.6. The number of carboxylic acids is 2. The summed E-state index contributed by atoms with van der Waals surface area (Å²) in [4.78, 5) is 228. The highest BCUT2D eigenvalue weighted by Crippen LogP contribution is 2.22. The molecule has 2 fully saturated rings. The standard InChI is InChI=1S/C80H102F6N22O24S/c1-41(2)63-73(124)100-49(12-7-27-91-77(87)106-75(126)79(81,82)83)67(118)94-39-59(110)97-54(35-61(112)113)69(120)102-52(71(122)104-63)33-43-15-20-47(21-16-43)131-31-9-29-89-58(109)26-24-51(99-65(116)46-19-25-57(93-37-46)108-96-38-45-11-5-6-14-56(45)133(128,129)130)66(117)90-30-10-32-132-48-22-17-44(18-23-48)34-53-72(123)105-64(42(3)4)74(125)101-50(13-8-28-92-78(88)107-76(127)80(84,85)86)68(119)95-40-60(111)98-55(36-62(114)115)70(121)103-53/h5-6,11,14-23,25,37,41-42,49-55,63-64H,7-10,12-13,24,26-36,38-40H2,1-4H3,(H,89,109)(H,90,117)(H,94,118)(H,95,119)(H,97,110)(H,98,111)(H,99,116)(H,100,124)(H,101,125)(H,102,120)(H,103,121)(H,104,122)(H,105,123)(H,112,113)(H,114,115)(H,128,129,130)(H3,87,91,106,126)(H3,88,92,107,127)/t49-,50-,51-,52+,53+,54-,55-,63-,64-/m0/s1. The van der Waals surface area contributed by atoms with Gasteiger partial charge in [0.25, 0.3) is 16.0 Å². The molecule has 2 aliphatic rings. The van der Waals surface area contributed by atoms with Gasteiger partial charge in [0.2, 0.25) is 70.9 Å². The number of rotatable bonds is 38. The molecule has 3 heterocycles. The van der Waals surface area contributed by atoms with E-state index < -0.39 is 232 Å². The number of halogens is 6. The Bertz CT molecular complexity index is 5020. The van der Waals surface area contributed by atoms with Crippen LogP contribution in [0.25, 0.3) is 0 Å². The fourth-order valence-electron chi connectivity index (χ4n) is 12.5. The van der Waals surface area contributed by atoms with Crippen molar-refractivity contribution in [3.05, 3.63) is 113 Å². The molecule has 724 valence electrons. The molecule has 0 spiro atoms. The molecule has 9 atom stereocenters. The fraction of sp³-hybridized carbons (Fsp3) is 0.475. The van der Waals surface area contributed by atoms with E-state index in [0.717, 1.165) is 6.20 Å². The first-order valence-electron chi connectivity index (χ1n) is 41.1. The van der Waals surface area contributed by atoms with E-state index in [1.54, 1.807) is 0 Å². The first-order valence-corrected chi connectivity index (χ1v) is 42.6. The molecule has 0 unspecified atom stereocenters.